The fourth-order valence-corrected chi connectivity index (χ4v) is 0.698. The molecule has 5 nitrogen and oxygen atoms in total. The van der Waals surface area contributed by atoms with Gasteiger partial charge in [-0.15, -0.1) is 0 Å². The Morgan fingerprint density at radius 3 is 2.21 bits per heavy atom. The van der Waals surface area contributed by atoms with Gasteiger partial charge in [0.25, 0.3) is 5.91 Å². The summed E-state index contributed by atoms with van der Waals surface area (Å²) in [5.74, 6) is -0.459. The molecule has 5 heteroatoms. The van der Waals surface area contributed by atoms with Crippen LogP contribution in [0.2, 0.25) is 0 Å². The van der Waals surface area contributed by atoms with Gasteiger partial charge in [0.05, 0.1) is 11.8 Å². The first-order valence-corrected chi connectivity index (χ1v) is 3.94. The molecule has 2 aromatic heterocycles. The van der Waals surface area contributed by atoms with Gasteiger partial charge in [0.2, 0.25) is 0 Å². The Balaban J connectivity index is 0.000000146. The Bertz CT molecular complexity index is 331. The van der Waals surface area contributed by atoms with Gasteiger partial charge in [-0.25, -0.2) is 0 Å². The van der Waals surface area contributed by atoms with Crippen LogP contribution in [-0.4, -0.2) is 21.1 Å². The number of amides is 1. The van der Waals surface area contributed by atoms with Crippen molar-refractivity contribution in [3.05, 3.63) is 48.5 Å². The number of aromatic amines is 1. The number of hydrogen-bond acceptors (Lipinski definition) is 3. The van der Waals surface area contributed by atoms with Crippen molar-refractivity contribution >= 4 is 5.91 Å². The van der Waals surface area contributed by atoms with Gasteiger partial charge in [-0.1, -0.05) is 6.07 Å². The van der Waals surface area contributed by atoms with E-state index in [1.54, 1.807) is 12.4 Å². The summed E-state index contributed by atoms with van der Waals surface area (Å²) in [5.41, 5.74) is 5.27. The van der Waals surface area contributed by atoms with E-state index >= 15 is 0 Å². The molecule has 2 aromatic rings. The highest BCUT2D eigenvalue weighted by atomic mass is 16.1. The molecule has 0 bridgehead atoms. The Morgan fingerprint density at radius 1 is 1.29 bits per heavy atom. The van der Waals surface area contributed by atoms with E-state index < -0.39 is 5.91 Å². The predicted octanol–water partition coefficient (Wildman–Crippen LogP) is 0.590. The molecule has 0 fully saturated rings. The van der Waals surface area contributed by atoms with E-state index in [-0.39, 0.29) is 0 Å². The van der Waals surface area contributed by atoms with Crippen LogP contribution in [0.4, 0.5) is 0 Å². The van der Waals surface area contributed by atoms with Crippen molar-refractivity contribution in [2.24, 2.45) is 5.73 Å². The van der Waals surface area contributed by atoms with Crippen molar-refractivity contribution in [3.8, 4) is 0 Å². The molecular formula is C9H10N4O. The molecule has 0 spiro atoms. The summed E-state index contributed by atoms with van der Waals surface area (Å²) in [6.07, 6.45) is 6.32. The summed E-state index contributed by atoms with van der Waals surface area (Å²) in [6, 6.07) is 5.72. The van der Waals surface area contributed by atoms with Crippen LogP contribution in [0.25, 0.3) is 0 Å². The zero-order chi connectivity index (χ0) is 10.2. The van der Waals surface area contributed by atoms with E-state index in [1.807, 2.05) is 18.2 Å². The minimum Gasteiger partial charge on any atom is -0.366 e. The predicted molar refractivity (Wildman–Crippen MR) is 51.3 cm³/mol. The summed E-state index contributed by atoms with van der Waals surface area (Å²) < 4.78 is 0. The number of carbonyl (C=O) groups is 1. The normalized spacial score (nSPS) is 8.57. The molecular weight excluding hydrogens is 180 g/mol. The lowest BCUT2D eigenvalue weighted by atomic mass is 10.4. The van der Waals surface area contributed by atoms with E-state index in [0.29, 0.717) is 5.56 Å². The highest BCUT2D eigenvalue weighted by Crippen LogP contribution is 1.88. The molecule has 0 atom stereocenters. The third kappa shape index (κ3) is 3.48. The molecule has 2 heterocycles. The highest BCUT2D eigenvalue weighted by molar-refractivity contribution is 5.92. The van der Waals surface area contributed by atoms with Gasteiger partial charge >= 0.3 is 0 Å². The molecule has 0 aliphatic rings. The lowest BCUT2D eigenvalue weighted by Crippen LogP contribution is -2.09. The second kappa shape index (κ2) is 5.47. The second-order valence-electron chi connectivity index (χ2n) is 2.38. The van der Waals surface area contributed by atoms with Crippen molar-refractivity contribution in [2.45, 2.75) is 0 Å². The number of primary amides is 1. The van der Waals surface area contributed by atoms with Crippen molar-refractivity contribution in [3.63, 3.8) is 0 Å². The van der Waals surface area contributed by atoms with Crippen molar-refractivity contribution in [2.75, 3.05) is 0 Å². The maximum absolute atomic E-state index is 10.2. The second-order valence-corrected chi connectivity index (χ2v) is 2.38. The summed E-state index contributed by atoms with van der Waals surface area (Å²) >= 11 is 0. The molecule has 0 saturated carbocycles. The lowest BCUT2D eigenvalue weighted by Gasteiger charge is -1.78. The molecule has 1 amide bonds. The standard InChI is InChI=1S/C5H5N.C4H5N3O/c1-2-4-6-5-3-1;5-4(8)3-1-6-7-2-3/h1-5H;1-2H,(H2,5,8)(H,6,7). The van der Waals surface area contributed by atoms with E-state index in [2.05, 4.69) is 15.2 Å². The van der Waals surface area contributed by atoms with Crippen LogP contribution >= 0.6 is 0 Å². The molecule has 3 N–H and O–H groups in total. The maximum Gasteiger partial charge on any atom is 0.251 e. The number of pyridine rings is 1. The van der Waals surface area contributed by atoms with Crippen molar-refractivity contribution in [1.82, 2.24) is 15.2 Å². The molecule has 0 aliphatic carbocycles. The monoisotopic (exact) mass is 190 g/mol. The van der Waals surface area contributed by atoms with Crippen LogP contribution < -0.4 is 5.73 Å². The third-order valence-corrected chi connectivity index (χ3v) is 1.35. The van der Waals surface area contributed by atoms with E-state index in [1.165, 1.54) is 12.4 Å². The number of nitrogens with two attached hydrogens (primary N) is 1. The average Bonchev–Trinajstić information content (AvgIpc) is 2.74. The smallest absolute Gasteiger partial charge is 0.251 e. The molecule has 0 saturated heterocycles. The molecule has 14 heavy (non-hydrogen) atoms. The van der Waals surface area contributed by atoms with Gasteiger partial charge in [-0.2, -0.15) is 5.10 Å². The summed E-state index contributed by atoms with van der Waals surface area (Å²) in [4.78, 5) is 14.0. The third-order valence-electron chi connectivity index (χ3n) is 1.35. The quantitative estimate of drug-likeness (QED) is 0.690. The van der Waals surface area contributed by atoms with Gasteiger partial charge in [-0.05, 0) is 12.1 Å². The summed E-state index contributed by atoms with van der Waals surface area (Å²) in [5, 5.41) is 5.98. The molecule has 2 rings (SSSR count). The largest absolute Gasteiger partial charge is 0.366 e. The highest BCUT2D eigenvalue weighted by Gasteiger charge is 1.96. The van der Waals surface area contributed by atoms with E-state index in [9.17, 15) is 4.79 Å². The number of rotatable bonds is 1. The van der Waals surface area contributed by atoms with Gasteiger partial charge in [0, 0.05) is 18.6 Å². The Morgan fingerprint density at radius 2 is 2.00 bits per heavy atom. The summed E-state index contributed by atoms with van der Waals surface area (Å²) in [6.45, 7) is 0. The van der Waals surface area contributed by atoms with Crippen LogP contribution in [0, 0.1) is 0 Å². The molecule has 0 unspecified atom stereocenters. The molecule has 0 radical (unpaired) electrons. The van der Waals surface area contributed by atoms with Crippen LogP contribution in [0.15, 0.2) is 43.0 Å². The van der Waals surface area contributed by atoms with Crippen molar-refractivity contribution in [1.29, 1.82) is 0 Å². The number of H-pyrrole nitrogens is 1. The molecule has 72 valence electrons. The fourth-order valence-electron chi connectivity index (χ4n) is 0.698. The Labute approximate surface area is 81.0 Å². The van der Waals surface area contributed by atoms with E-state index in [0.717, 1.165) is 0 Å². The Kier molecular flexibility index (Phi) is 3.87. The minimum atomic E-state index is -0.459. The van der Waals surface area contributed by atoms with Crippen LogP contribution in [-0.2, 0) is 0 Å². The van der Waals surface area contributed by atoms with Gasteiger partial charge in [0.15, 0.2) is 0 Å². The van der Waals surface area contributed by atoms with Crippen LogP contribution in [0.3, 0.4) is 0 Å². The van der Waals surface area contributed by atoms with E-state index in [4.69, 9.17) is 5.73 Å². The Hall–Kier alpha value is -2.17. The average molecular weight is 190 g/mol. The van der Waals surface area contributed by atoms with Gasteiger partial charge in [-0.3, -0.25) is 14.9 Å². The number of aromatic nitrogens is 3. The zero-order valence-corrected chi connectivity index (χ0v) is 7.42. The SMILES string of the molecule is NC(=O)c1cn[nH]c1.c1ccncc1. The molecule has 0 aliphatic heterocycles. The molecule has 0 aromatic carbocycles. The fraction of sp³-hybridized carbons (Fsp3) is 0. The maximum atomic E-state index is 10.2. The van der Waals surface area contributed by atoms with Gasteiger partial charge < -0.3 is 5.73 Å². The zero-order valence-electron chi connectivity index (χ0n) is 7.42. The lowest BCUT2D eigenvalue weighted by molar-refractivity contribution is 0.100. The summed E-state index contributed by atoms with van der Waals surface area (Å²) in [7, 11) is 0. The number of carbonyl (C=O) groups excluding carboxylic acids is 1. The first kappa shape index (κ1) is 9.91. The number of nitrogens with one attached hydrogen (secondary N) is 1. The minimum absolute atomic E-state index is 0.407. The van der Waals surface area contributed by atoms with Crippen LogP contribution in [0.5, 0.6) is 0 Å². The van der Waals surface area contributed by atoms with Crippen LogP contribution in [0.1, 0.15) is 10.4 Å². The van der Waals surface area contributed by atoms with Gasteiger partial charge in [0.1, 0.15) is 0 Å². The first-order valence-electron chi connectivity index (χ1n) is 3.94. The number of hydrogen-bond donors (Lipinski definition) is 2. The topological polar surface area (TPSA) is 84.7 Å². The first-order chi connectivity index (χ1) is 6.80. The van der Waals surface area contributed by atoms with Crippen molar-refractivity contribution < 1.29 is 4.79 Å². The number of nitrogens with zero attached hydrogens (tertiary/aromatic N) is 2.